The third-order valence-corrected chi connectivity index (χ3v) is 2.06. The molecular weight excluding hydrogens is 236 g/mol. The number of nitrogens with one attached hydrogen (secondary N) is 1. The second-order valence-electron chi connectivity index (χ2n) is 3.32. The first-order chi connectivity index (χ1) is 8.66. The number of carboxylic acids is 1. The molecule has 0 aromatic carbocycles. The minimum Gasteiger partial charge on any atom is -0.477 e. The number of nitrogens with zero attached hydrogens (tertiary/aromatic N) is 3. The lowest BCUT2D eigenvalue weighted by atomic mass is 10.3. The molecule has 0 aliphatic rings. The Bertz CT molecular complexity index is 586. The molecule has 90 valence electrons. The van der Waals surface area contributed by atoms with Crippen LogP contribution in [0.15, 0.2) is 37.1 Å². The quantitative estimate of drug-likeness (QED) is 0.828. The van der Waals surface area contributed by atoms with Gasteiger partial charge in [0.25, 0.3) is 5.91 Å². The largest absolute Gasteiger partial charge is 0.477 e. The lowest BCUT2D eigenvalue weighted by molar-refractivity contribution is 0.0690. The van der Waals surface area contributed by atoms with Gasteiger partial charge in [0.2, 0.25) is 0 Å². The molecule has 0 fully saturated rings. The molecule has 7 nitrogen and oxygen atoms in total. The number of aromatic nitrogens is 3. The van der Waals surface area contributed by atoms with Gasteiger partial charge in [-0.25, -0.2) is 19.7 Å². The first-order valence-electron chi connectivity index (χ1n) is 4.92. The number of pyridine rings is 1. The van der Waals surface area contributed by atoms with E-state index < -0.39 is 11.9 Å². The summed E-state index contributed by atoms with van der Waals surface area (Å²) in [6.07, 6.45) is 5.34. The Morgan fingerprint density at radius 1 is 1.22 bits per heavy atom. The highest BCUT2D eigenvalue weighted by molar-refractivity contribution is 6.04. The molecule has 0 atom stereocenters. The van der Waals surface area contributed by atoms with Crippen molar-refractivity contribution in [2.45, 2.75) is 0 Å². The predicted molar refractivity (Wildman–Crippen MR) is 61.2 cm³/mol. The zero-order valence-electron chi connectivity index (χ0n) is 9.07. The molecule has 2 rings (SSSR count). The first-order valence-corrected chi connectivity index (χ1v) is 4.92. The summed E-state index contributed by atoms with van der Waals surface area (Å²) in [7, 11) is 0. The molecule has 0 bridgehead atoms. The Kier molecular flexibility index (Phi) is 3.24. The number of anilines is 1. The van der Waals surface area contributed by atoms with Crippen molar-refractivity contribution < 1.29 is 14.7 Å². The van der Waals surface area contributed by atoms with Crippen LogP contribution < -0.4 is 5.32 Å². The maximum absolute atomic E-state index is 11.7. The molecule has 7 heteroatoms. The number of carbonyl (C=O) groups excluding carboxylic acids is 1. The van der Waals surface area contributed by atoms with Crippen molar-refractivity contribution in [1.29, 1.82) is 0 Å². The summed E-state index contributed by atoms with van der Waals surface area (Å²) in [4.78, 5) is 33.5. The summed E-state index contributed by atoms with van der Waals surface area (Å²) in [6.45, 7) is 0. The molecule has 0 unspecified atom stereocenters. The van der Waals surface area contributed by atoms with Crippen LogP contribution in [0.5, 0.6) is 0 Å². The summed E-state index contributed by atoms with van der Waals surface area (Å²) >= 11 is 0. The van der Waals surface area contributed by atoms with Crippen LogP contribution in [0.3, 0.4) is 0 Å². The van der Waals surface area contributed by atoms with Gasteiger partial charge < -0.3 is 10.4 Å². The average Bonchev–Trinajstić information content (AvgIpc) is 2.40. The SMILES string of the molecule is O=C(Nc1ccnc(C(=O)O)c1)c1cncnc1. The van der Waals surface area contributed by atoms with E-state index in [-0.39, 0.29) is 11.3 Å². The molecule has 0 saturated heterocycles. The number of aromatic carboxylic acids is 1. The first kappa shape index (κ1) is 11.6. The number of carboxylic acid groups (broad SMARTS) is 1. The molecule has 2 aromatic heterocycles. The number of carbonyl (C=O) groups is 2. The summed E-state index contributed by atoms with van der Waals surface area (Å²) in [5.41, 5.74) is 0.486. The van der Waals surface area contributed by atoms with Gasteiger partial charge in [0.15, 0.2) is 0 Å². The standard InChI is InChI=1S/C11H8N4O3/c16-10(7-4-12-6-13-5-7)15-8-1-2-14-9(3-8)11(17)18/h1-6H,(H,17,18)(H,14,15,16). The van der Waals surface area contributed by atoms with E-state index in [1.165, 1.54) is 37.1 Å². The molecule has 0 spiro atoms. The minimum atomic E-state index is -1.16. The van der Waals surface area contributed by atoms with E-state index in [4.69, 9.17) is 5.11 Å². The van der Waals surface area contributed by atoms with E-state index in [1.807, 2.05) is 0 Å². The maximum atomic E-state index is 11.7. The number of amides is 1. The van der Waals surface area contributed by atoms with Crippen LogP contribution in [0.1, 0.15) is 20.8 Å². The van der Waals surface area contributed by atoms with Crippen molar-refractivity contribution in [2.75, 3.05) is 5.32 Å². The van der Waals surface area contributed by atoms with Crippen LogP contribution in [-0.2, 0) is 0 Å². The normalized spacial score (nSPS) is 9.78. The fourth-order valence-corrected chi connectivity index (χ4v) is 1.24. The summed E-state index contributed by atoms with van der Waals surface area (Å²) in [5.74, 6) is -1.58. The smallest absolute Gasteiger partial charge is 0.354 e. The number of hydrogen-bond acceptors (Lipinski definition) is 5. The van der Waals surface area contributed by atoms with Gasteiger partial charge in [0, 0.05) is 24.3 Å². The van der Waals surface area contributed by atoms with Crippen LogP contribution in [0.4, 0.5) is 5.69 Å². The second-order valence-corrected chi connectivity index (χ2v) is 3.32. The molecule has 0 saturated carbocycles. The molecule has 2 aromatic rings. The predicted octanol–water partition coefficient (Wildman–Crippen LogP) is 0.822. The summed E-state index contributed by atoms with van der Waals surface area (Å²) in [5, 5.41) is 11.3. The van der Waals surface area contributed by atoms with Crippen LogP contribution in [0, 0.1) is 0 Å². The van der Waals surface area contributed by atoms with Gasteiger partial charge in [-0.2, -0.15) is 0 Å². The molecule has 18 heavy (non-hydrogen) atoms. The Morgan fingerprint density at radius 3 is 2.61 bits per heavy atom. The summed E-state index contributed by atoms with van der Waals surface area (Å²) in [6, 6.07) is 2.76. The van der Waals surface area contributed by atoms with Gasteiger partial charge in [-0.15, -0.1) is 0 Å². The van der Waals surface area contributed by atoms with E-state index in [0.29, 0.717) is 5.69 Å². The van der Waals surface area contributed by atoms with Crippen molar-refractivity contribution in [1.82, 2.24) is 15.0 Å². The molecule has 1 amide bonds. The van der Waals surface area contributed by atoms with Crippen LogP contribution in [0.25, 0.3) is 0 Å². The van der Waals surface area contributed by atoms with E-state index in [0.717, 1.165) is 0 Å². The Labute approximate surface area is 102 Å². The van der Waals surface area contributed by atoms with Crippen LogP contribution >= 0.6 is 0 Å². The van der Waals surface area contributed by atoms with Gasteiger partial charge in [0.1, 0.15) is 12.0 Å². The third-order valence-electron chi connectivity index (χ3n) is 2.06. The molecule has 2 N–H and O–H groups in total. The summed E-state index contributed by atoms with van der Waals surface area (Å²) < 4.78 is 0. The molecule has 2 heterocycles. The van der Waals surface area contributed by atoms with E-state index in [1.54, 1.807) is 0 Å². The van der Waals surface area contributed by atoms with Gasteiger partial charge >= 0.3 is 5.97 Å². The molecule has 0 aliphatic heterocycles. The second kappa shape index (κ2) is 5.00. The fourth-order valence-electron chi connectivity index (χ4n) is 1.24. The number of hydrogen-bond donors (Lipinski definition) is 2. The molecule has 0 radical (unpaired) electrons. The fraction of sp³-hybridized carbons (Fsp3) is 0. The van der Waals surface area contributed by atoms with Crippen molar-refractivity contribution in [3.63, 3.8) is 0 Å². The molecule has 0 aliphatic carbocycles. The number of rotatable bonds is 3. The monoisotopic (exact) mass is 244 g/mol. The lowest BCUT2D eigenvalue weighted by Gasteiger charge is -2.04. The zero-order chi connectivity index (χ0) is 13.0. The van der Waals surface area contributed by atoms with Gasteiger partial charge in [-0.3, -0.25) is 4.79 Å². The highest BCUT2D eigenvalue weighted by Gasteiger charge is 2.09. The third kappa shape index (κ3) is 2.64. The zero-order valence-corrected chi connectivity index (χ0v) is 9.07. The lowest BCUT2D eigenvalue weighted by Crippen LogP contribution is -2.13. The maximum Gasteiger partial charge on any atom is 0.354 e. The van der Waals surface area contributed by atoms with Gasteiger partial charge in [0.05, 0.1) is 5.56 Å². The Morgan fingerprint density at radius 2 is 1.94 bits per heavy atom. The van der Waals surface area contributed by atoms with E-state index in [9.17, 15) is 9.59 Å². The van der Waals surface area contributed by atoms with Crippen molar-refractivity contribution in [2.24, 2.45) is 0 Å². The van der Waals surface area contributed by atoms with E-state index in [2.05, 4.69) is 20.3 Å². The highest BCUT2D eigenvalue weighted by atomic mass is 16.4. The highest BCUT2D eigenvalue weighted by Crippen LogP contribution is 2.09. The van der Waals surface area contributed by atoms with Crippen LogP contribution in [0.2, 0.25) is 0 Å². The Balaban J connectivity index is 2.17. The van der Waals surface area contributed by atoms with Crippen LogP contribution in [-0.4, -0.2) is 31.9 Å². The van der Waals surface area contributed by atoms with Gasteiger partial charge in [-0.05, 0) is 12.1 Å². The topological polar surface area (TPSA) is 105 Å². The van der Waals surface area contributed by atoms with Gasteiger partial charge in [-0.1, -0.05) is 0 Å². The van der Waals surface area contributed by atoms with Crippen molar-refractivity contribution in [3.8, 4) is 0 Å². The van der Waals surface area contributed by atoms with Crippen molar-refractivity contribution >= 4 is 17.6 Å². The molecular formula is C11H8N4O3. The Hall–Kier alpha value is -2.83. The minimum absolute atomic E-state index is 0.142. The van der Waals surface area contributed by atoms with E-state index >= 15 is 0 Å². The average molecular weight is 244 g/mol. The van der Waals surface area contributed by atoms with Crippen molar-refractivity contribution in [3.05, 3.63) is 48.3 Å².